The smallest absolute Gasteiger partial charge is 0.262 e. The first-order valence-corrected chi connectivity index (χ1v) is 13.6. The molecule has 4 aromatic rings. The van der Waals surface area contributed by atoms with Crippen molar-refractivity contribution in [1.29, 1.82) is 0 Å². The lowest BCUT2D eigenvalue weighted by molar-refractivity contribution is -0.124. The van der Waals surface area contributed by atoms with Crippen LogP contribution in [0.2, 0.25) is 0 Å². The van der Waals surface area contributed by atoms with E-state index in [4.69, 9.17) is 21.9 Å². The molecule has 2 aliphatic rings. The lowest BCUT2D eigenvalue weighted by Gasteiger charge is -2.36. The Balaban J connectivity index is 1.40. The summed E-state index contributed by atoms with van der Waals surface area (Å²) in [6.07, 6.45) is -0.106. The Bertz CT molecular complexity index is 1570. The number of thiophene rings is 1. The molecule has 9 nitrogen and oxygen atoms in total. The number of aliphatic hydroxyl groups is 1. The van der Waals surface area contributed by atoms with E-state index < -0.39 is 23.5 Å². The summed E-state index contributed by atoms with van der Waals surface area (Å²) >= 11 is 1.20. The average molecular weight is 544 g/mol. The van der Waals surface area contributed by atoms with Crippen molar-refractivity contribution in [3.05, 3.63) is 88.3 Å². The van der Waals surface area contributed by atoms with Crippen molar-refractivity contribution >= 4 is 38.8 Å². The van der Waals surface area contributed by atoms with Crippen LogP contribution in [0, 0.1) is 0 Å². The number of nitrogens with one attached hydrogen (secondary N) is 2. The third-order valence-electron chi connectivity index (χ3n) is 7.47. The van der Waals surface area contributed by atoms with Crippen LogP contribution in [0.1, 0.15) is 38.8 Å². The summed E-state index contributed by atoms with van der Waals surface area (Å²) < 4.78 is 6.56. The molecular formula is C29H29N5O4S. The largest absolute Gasteiger partial charge is 0.457 e. The minimum Gasteiger partial charge on any atom is -0.457 e. The quantitative estimate of drug-likeness (QED) is 0.209. The van der Waals surface area contributed by atoms with Crippen LogP contribution in [0.3, 0.4) is 0 Å². The number of carbonyl (C=O) groups is 2. The minimum atomic E-state index is -1.55. The molecule has 1 amide bonds. The maximum Gasteiger partial charge on any atom is 0.262 e. The van der Waals surface area contributed by atoms with Crippen LogP contribution in [0.5, 0.6) is 11.5 Å². The third-order valence-corrected chi connectivity index (χ3v) is 8.72. The number of ketones is 1. The third kappa shape index (κ3) is 4.26. The molecular weight excluding hydrogens is 514 g/mol. The summed E-state index contributed by atoms with van der Waals surface area (Å²) in [6.45, 7) is 1.02. The van der Waals surface area contributed by atoms with E-state index in [2.05, 4.69) is 10.6 Å². The second-order valence-electron chi connectivity index (χ2n) is 10.1. The SMILES string of the molecule is Nc1ccc2c3c(c(C(=O)N[C@H]4CNC[C@H](O)C4)sc13)C(N)C(=O)C2(N)c1ccc(Oc2ccccc2)cc1. The number of piperidine rings is 1. The van der Waals surface area contributed by atoms with Gasteiger partial charge in [0.2, 0.25) is 0 Å². The van der Waals surface area contributed by atoms with Crippen LogP contribution in [-0.4, -0.2) is 42.0 Å². The summed E-state index contributed by atoms with van der Waals surface area (Å²) in [4.78, 5) is 27.7. The molecule has 1 fully saturated rings. The lowest BCUT2D eigenvalue weighted by Crippen LogP contribution is -2.53. The summed E-state index contributed by atoms with van der Waals surface area (Å²) in [5, 5.41) is 16.7. The van der Waals surface area contributed by atoms with Gasteiger partial charge in [0.25, 0.3) is 5.91 Å². The topological polar surface area (TPSA) is 166 Å². The summed E-state index contributed by atoms with van der Waals surface area (Å²) in [5.41, 5.74) is 20.3. The van der Waals surface area contributed by atoms with Gasteiger partial charge in [0.15, 0.2) is 5.78 Å². The summed E-state index contributed by atoms with van der Waals surface area (Å²) in [6, 6.07) is 18.5. The van der Waals surface area contributed by atoms with E-state index in [1.807, 2.05) is 30.3 Å². The van der Waals surface area contributed by atoms with Crippen molar-refractivity contribution in [1.82, 2.24) is 10.6 Å². The zero-order valence-corrected chi connectivity index (χ0v) is 21.8. The molecule has 9 N–H and O–H groups in total. The van der Waals surface area contributed by atoms with Gasteiger partial charge < -0.3 is 37.7 Å². The summed E-state index contributed by atoms with van der Waals surface area (Å²) in [7, 11) is 0. The van der Waals surface area contributed by atoms with E-state index in [1.165, 1.54) is 11.3 Å². The van der Waals surface area contributed by atoms with Crippen LogP contribution in [0.15, 0.2) is 66.7 Å². The Labute approximate surface area is 228 Å². The predicted octanol–water partition coefficient (Wildman–Crippen LogP) is 2.51. The van der Waals surface area contributed by atoms with Crippen molar-refractivity contribution in [2.24, 2.45) is 11.5 Å². The highest BCUT2D eigenvalue weighted by Gasteiger charge is 2.48. The molecule has 10 heteroatoms. The Morgan fingerprint density at radius 3 is 2.49 bits per heavy atom. The van der Waals surface area contributed by atoms with Gasteiger partial charge >= 0.3 is 0 Å². The van der Waals surface area contributed by atoms with Gasteiger partial charge in [0, 0.05) is 35.8 Å². The number of hydrogen-bond acceptors (Lipinski definition) is 9. The van der Waals surface area contributed by atoms with Crippen LogP contribution >= 0.6 is 11.3 Å². The minimum absolute atomic E-state index is 0.254. The highest BCUT2D eigenvalue weighted by Crippen LogP contribution is 2.49. The number of carbonyl (C=O) groups excluding carboxylic acids is 2. The van der Waals surface area contributed by atoms with Crippen molar-refractivity contribution < 1.29 is 19.4 Å². The molecule has 200 valence electrons. The molecule has 2 unspecified atom stereocenters. The number of ether oxygens (including phenoxy) is 1. The normalized spacial score (nSPS) is 24.5. The van der Waals surface area contributed by atoms with Gasteiger partial charge in [-0.15, -0.1) is 11.3 Å². The second-order valence-corrected chi connectivity index (χ2v) is 11.1. The number of rotatable bonds is 5. The number of benzene rings is 3. The average Bonchev–Trinajstić information content (AvgIpc) is 3.34. The standard InChI is InChI=1S/C29H29N5O4S/c30-21-11-10-20-22-23(26(39-25(21)22)28(37)34-16-12-17(35)14-33-13-16)24(31)27(36)29(20,32)15-6-8-19(9-7-15)38-18-4-2-1-3-5-18/h1-11,16-17,24,33,35H,12-14,30-32H2,(H,34,37)/t16-,17-,24?,29?/m1/s1. The Kier molecular flexibility index (Phi) is 6.37. The van der Waals surface area contributed by atoms with Crippen molar-refractivity contribution in [2.75, 3.05) is 18.8 Å². The predicted molar refractivity (Wildman–Crippen MR) is 151 cm³/mol. The van der Waals surface area contributed by atoms with Crippen LogP contribution in [0.4, 0.5) is 5.69 Å². The highest BCUT2D eigenvalue weighted by atomic mass is 32.1. The number of Topliss-reactive ketones (excluding diaryl/α,β-unsaturated/α-hetero) is 1. The maximum absolute atomic E-state index is 13.9. The van der Waals surface area contributed by atoms with Crippen LogP contribution < -0.4 is 32.6 Å². The zero-order valence-electron chi connectivity index (χ0n) is 21.0. The Morgan fingerprint density at radius 1 is 1.05 bits per heavy atom. The Hall–Kier alpha value is -3.80. The van der Waals surface area contributed by atoms with Gasteiger partial charge in [0.1, 0.15) is 17.0 Å². The molecule has 1 saturated heterocycles. The van der Waals surface area contributed by atoms with Crippen molar-refractivity contribution in [2.45, 2.75) is 30.1 Å². The number of anilines is 1. The number of β-amino-alcohol motifs (C(OH)–C–C–N with tert-alkyl or cyclic N) is 1. The van der Waals surface area contributed by atoms with Crippen molar-refractivity contribution in [3.63, 3.8) is 0 Å². The van der Waals surface area contributed by atoms with E-state index in [9.17, 15) is 14.7 Å². The fourth-order valence-corrected chi connectivity index (χ4v) is 6.74. The van der Waals surface area contributed by atoms with Gasteiger partial charge in [-0.1, -0.05) is 36.4 Å². The van der Waals surface area contributed by atoms with Gasteiger partial charge in [-0.05, 0) is 47.9 Å². The highest BCUT2D eigenvalue weighted by molar-refractivity contribution is 7.21. The number of para-hydroxylation sites is 1. The first-order chi connectivity index (χ1) is 18.8. The van der Waals surface area contributed by atoms with E-state index in [0.29, 0.717) is 68.4 Å². The molecule has 0 spiro atoms. The number of nitrogen functional groups attached to an aromatic ring is 1. The van der Waals surface area contributed by atoms with Gasteiger partial charge in [-0.25, -0.2) is 0 Å². The molecule has 6 rings (SSSR count). The number of nitrogens with two attached hydrogens (primary N) is 3. The van der Waals surface area contributed by atoms with E-state index in [-0.39, 0.29) is 11.9 Å². The van der Waals surface area contributed by atoms with Gasteiger partial charge in [0.05, 0.1) is 21.7 Å². The second kappa shape index (κ2) is 9.74. The van der Waals surface area contributed by atoms with Gasteiger partial charge in [-0.3, -0.25) is 9.59 Å². The van der Waals surface area contributed by atoms with Crippen molar-refractivity contribution in [3.8, 4) is 11.5 Å². The molecule has 4 atom stereocenters. The zero-order chi connectivity index (χ0) is 27.3. The molecule has 1 aromatic heterocycles. The number of aliphatic hydroxyl groups excluding tert-OH is 1. The monoisotopic (exact) mass is 543 g/mol. The van der Waals surface area contributed by atoms with E-state index >= 15 is 0 Å². The molecule has 0 saturated carbocycles. The fourth-order valence-electron chi connectivity index (χ4n) is 5.54. The number of amides is 1. The summed E-state index contributed by atoms with van der Waals surface area (Å²) in [5.74, 6) is 0.518. The first kappa shape index (κ1) is 25.5. The molecule has 39 heavy (non-hydrogen) atoms. The van der Waals surface area contributed by atoms with E-state index in [1.54, 1.807) is 36.4 Å². The first-order valence-electron chi connectivity index (χ1n) is 12.7. The Morgan fingerprint density at radius 2 is 1.77 bits per heavy atom. The maximum atomic E-state index is 13.9. The molecule has 3 aromatic carbocycles. The van der Waals surface area contributed by atoms with Gasteiger partial charge in [-0.2, -0.15) is 0 Å². The lowest BCUT2D eigenvalue weighted by atomic mass is 9.70. The van der Waals surface area contributed by atoms with Crippen LogP contribution in [0.25, 0.3) is 10.1 Å². The molecule has 1 aliphatic heterocycles. The molecule has 0 bridgehead atoms. The molecule has 2 heterocycles. The van der Waals surface area contributed by atoms with E-state index in [0.717, 1.165) is 0 Å². The molecule has 1 aliphatic carbocycles. The fraction of sp³-hybridized carbons (Fsp3) is 0.241. The van der Waals surface area contributed by atoms with Crippen LogP contribution in [-0.2, 0) is 10.3 Å². The number of hydrogen-bond donors (Lipinski definition) is 6. The molecule has 0 radical (unpaired) electrons.